The molecule has 4 nitrogen and oxygen atoms in total. The average molecular weight is 533 g/mol. The molecule has 0 atom stereocenters. The molecular formula is C32H36CrN2O2. The minimum atomic E-state index is 0. The quantitative estimate of drug-likeness (QED) is 0.246. The molecule has 0 fully saturated rings. The van der Waals surface area contributed by atoms with Crippen molar-refractivity contribution in [3.8, 4) is 23.6 Å². The van der Waals surface area contributed by atoms with Gasteiger partial charge in [-0.05, 0) is 24.3 Å². The number of unbranched alkanes of at least 4 members (excludes halogenated alkanes) is 2. The van der Waals surface area contributed by atoms with Gasteiger partial charge in [-0.2, -0.15) is 45.9 Å². The van der Waals surface area contributed by atoms with Crippen molar-refractivity contribution >= 4 is 0 Å². The van der Waals surface area contributed by atoms with Crippen LogP contribution in [0.15, 0.2) is 97.1 Å². The molecule has 0 aliphatic rings. The van der Waals surface area contributed by atoms with Gasteiger partial charge >= 0.3 is 17.4 Å². The number of nitrogens with zero attached hydrogens (tertiary/aromatic N) is 2. The third-order valence-corrected chi connectivity index (χ3v) is 5.15. The molecule has 0 heterocycles. The van der Waals surface area contributed by atoms with Crippen LogP contribution in [0.1, 0.15) is 61.8 Å². The van der Waals surface area contributed by atoms with Gasteiger partial charge < -0.3 is 10.2 Å². The Hall–Kier alpha value is -3.75. The van der Waals surface area contributed by atoms with Crippen LogP contribution in [0.25, 0.3) is 0 Å². The van der Waals surface area contributed by atoms with Crippen LogP contribution < -0.4 is 0 Å². The molecule has 37 heavy (non-hydrogen) atoms. The normalized spacial score (nSPS) is 8.86. The van der Waals surface area contributed by atoms with Crippen molar-refractivity contribution in [3.05, 3.63) is 119 Å². The maximum absolute atomic E-state index is 8.89. The Labute approximate surface area is 232 Å². The molecule has 0 unspecified atom stereocenters. The van der Waals surface area contributed by atoms with E-state index in [1.165, 1.54) is 61.8 Å². The Morgan fingerprint density at radius 2 is 0.919 bits per heavy atom. The van der Waals surface area contributed by atoms with Crippen LogP contribution >= 0.6 is 0 Å². The molecule has 2 N–H and O–H groups in total. The van der Waals surface area contributed by atoms with E-state index in [1.54, 1.807) is 36.4 Å². The van der Waals surface area contributed by atoms with Gasteiger partial charge in [0.2, 0.25) is 0 Å². The Bertz CT molecular complexity index is 1060. The predicted molar refractivity (Wildman–Crippen MR) is 147 cm³/mol. The molecule has 0 aliphatic heterocycles. The van der Waals surface area contributed by atoms with Crippen molar-refractivity contribution in [1.29, 1.82) is 10.5 Å². The second-order valence-corrected chi connectivity index (χ2v) is 8.05. The number of phenols is 2. The molecule has 0 saturated heterocycles. The minimum absolute atomic E-state index is 0. The van der Waals surface area contributed by atoms with Crippen LogP contribution in [0, 0.1) is 22.7 Å². The molecule has 4 rings (SSSR count). The first-order valence-electron chi connectivity index (χ1n) is 12.3. The van der Waals surface area contributed by atoms with Crippen molar-refractivity contribution < 1.29 is 27.6 Å². The summed E-state index contributed by atoms with van der Waals surface area (Å²) in [4.78, 5) is 0. The zero-order valence-corrected chi connectivity index (χ0v) is 23.0. The van der Waals surface area contributed by atoms with Crippen LogP contribution in [0.5, 0.6) is 11.5 Å². The SMILES string of the molecule is CCCC[c-]1cccc1.CCCC[c-]1cccc1.N#Cc1ccccc1O.N#Cc1ccccc1O.[Cr+2]. The first kappa shape index (κ1) is 33.3. The summed E-state index contributed by atoms with van der Waals surface area (Å²) in [5, 5.41) is 34.4. The van der Waals surface area contributed by atoms with E-state index in [-0.39, 0.29) is 28.9 Å². The van der Waals surface area contributed by atoms with Crippen LogP contribution in [-0.4, -0.2) is 10.2 Å². The van der Waals surface area contributed by atoms with Crippen molar-refractivity contribution in [3.63, 3.8) is 0 Å². The molecule has 0 aliphatic carbocycles. The fraction of sp³-hybridized carbons (Fsp3) is 0.250. The zero-order chi connectivity index (χ0) is 26.4. The summed E-state index contributed by atoms with van der Waals surface area (Å²) in [5.41, 5.74) is 3.60. The van der Waals surface area contributed by atoms with Gasteiger partial charge in [-0.25, -0.2) is 24.3 Å². The van der Waals surface area contributed by atoms with E-state index >= 15 is 0 Å². The Morgan fingerprint density at radius 3 is 1.16 bits per heavy atom. The van der Waals surface area contributed by atoms with Crippen LogP contribution in [0.2, 0.25) is 0 Å². The van der Waals surface area contributed by atoms with E-state index in [0.717, 1.165) is 0 Å². The number of rotatable bonds is 6. The molecular weight excluding hydrogens is 496 g/mol. The van der Waals surface area contributed by atoms with Gasteiger partial charge in [0.15, 0.2) is 0 Å². The molecule has 4 aromatic rings. The molecule has 0 radical (unpaired) electrons. The number of hydrogen-bond acceptors (Lipinski definition) is 4. The predicted octanol–water partition coefficient (Wildman–Crippen LogP) is 8.02. The summed E-state index contributed by atoms with van der Waals surface area (Å²) in [7, 11) is 0. The Kier molecular flexibility index (Phi) is 19.3. The van der Waals surface area contributed by atoms with E-state index < -0.39 is 0 Å². The Balaban J connectivity index is 0.000000463. The number of nitriles is 2. The summed E-state index contributed by atoms with van der Waals surface area (Å²) in [6, 6.07) is 33.7. The molecule has 0 saturated carbocycles. The van der Waals surface area contributed by atoms with Gasteiger partial charge in [-0.3, -0.25) is 0 Å². The number of phenolic OH excluding ortho intramolecular Hbond substituents is 2. The van der Waals surface area contributed by atoms with Gasteiger partial charge in [0.05, 0.1) is 11.1 Å². The number of aromatic hydroxyl groups is 2. The monoisotopic (exact) mass is 532 g/mol. The number of benzene rings is 2. The fourth-order valence-corrected chi connectivity index (χ4v) is 3.06. The van der Waals surface area contributed by atoms with Crippen molar-refractivity contribution in [2.75, 3.05) is 0 Å². The topological polar surface area (TPSA) is 88.0 Å². The summed E-state index contributed by atoms with van der Waals surface area (Å²) >= 11 is 0. The second-order valence-electron chi connectivity index (χ2n) is 8.05. The van der Waals surface area contributed by atoms with Gasteiger partial charge in [-0.1, -0.05) is 76.6 Å². The fourth-order valence-electron chi connectivity index (χ4n) is 3.06. The molecule has 0 amide bonds. The summed E-state index contributed by atoms with van der Waals surface area (Å²) in [6.45, 7) is 4.45. The summed E-state index contributed by atoms with van der Waals surface area (Å²) in [6.07, 6.45) is 7.75. The second kappa shape index (κ2) is 21.5. The molecule has 0 aromatic heterocycles. The Morgan fingerprint density at radius 1 is 0.595 bits per heavy atom. The average Bonchev–Trinajstić information content (AvgIpc) is 3.63. The minimum Gasteiger partial charge on any atom is -0.507 e. The van der Waals surface area contributed by atoms with Gasteiger partial charge in [0.25, 0.3) is 0 Å². The van der Waals surface area contributed by atoms with Gasteiger partial charge in [0, 0.05) is 0 Å². The standard InChI is InChI=1S/2C9H13.2C7H5NO.Cr/c2*1-2-3-6-9-7-4-5-8-9;2*8-5-6-3-1-2-4-7(6)9;/h2*4-5,7-8H,2-3,6H2,1H3;2*1-4,9H;/q2*-1;;;+2. The van der Waals surface area contributed by atoms with Crippen LogP contribution in [0.3, 0.4) is 0 Å². The number of hydrogen-bond donors (Lipinski definition) is 2. The molecule has 0 bridgehead atoms. The van der Waals surface area contributed by atoms with Gasteiger partial charge in [-0.15, -0.1) is 0 Å². The maximum atomic E-state index is 8.89. The third kappa shape index (κ3) is 15.1. The van der Waals surface area contributed by atoms with Crippen molar-refractivity contribution in [2.45, 2.75) is 52.4 Å². The first-order valence-corrected chi connectivity index (χ1v) is 12.3. The van der Waals surface area contributed by atoms with E-state index in [0.29, 0.717) is 11.1 Å². The van der Waals surface area contributed by atoms with Crippen molar-refractivity contribution in [1.82, 2.24) is 0 Å². The first-order chi connectivity index (χ1) is 17.5. The van der Waals surface area contributed by atoms with Crippen molar-refractivity contribution in [2.24, 2.45) is 0 Å². The maximum Gasteiger partial charge on any atom is 2.00 e. The van der Waals surface area contributed by atoms with E-state index in [4.69, 9.17) is 20.7 Å². The molecule has 4 aromatic carbocycles. The van der Waals surface area contributed by atoms with E-state index in [2.05, 4.69) is 62.4 Å². The molecule has 5 heteroatoms. The van der Waals surface area contributed by atoms with E-state index in [1.807, 2.05) is 12.1 Å². The summed E-state index contributed by atoms with van der Waals surface area (Å²) in [5.74, 6) is 0.0833. The van der Waals surface area contributed by atoms with E-state index in [9.17, 15) is 0 Å². The largest absolute Gasteiger partial charge is 2.00 e. The summed E-state index contributed by atoms with van der Waals surface area (Å²) < 4.78 is 0. The number of aryl methyl sites for hydroxylation is 2. The van der Waals surface area contributed by atoms with Gasteiger partial charge in [0.1, 0.15) is 23.6 Å². The third-order valence-electron chi connectivity index (χ3n) is 5.15. The van der Waals surface area contributed by atoms with Crippen LogP contribution in [0.4, 0.5) is 0 Å². The molecule has 192 valence electrons. The smallest absolute Gasteiger partial charge is 0.507 e. The number of para-hydroxylation sites is 2. The van der Waals surface area contributed by atoms with Crippen LogP contribution in [-0.2, 0) is 30.2 Å². The zero-order valence-electron chi connectivity index (χ0n) is 21.7. The molecule has 0 spiro atoms.